The summed E-state index contributed by atoms with van der Waals surface area (Å²) < 4.78 is 0. The second-order valence-electron chi connectivity index (χ2n) is 4.86. The first-order chi connectivity index (χ1) is 8.50. The monoisotopic (exact) mass is 251 g/mol. The lowest BCUT2D eigenvalue weighted by atomic mass is 10.0. The molecule has 2 atom stereocenters. The Morgan fingerprint density at radius 2 is 1.89 bits per heavy atom. The molecule has 0 spiro atoms. The molecule has 2 unspecified atom stereocenters. The van der Waals surface area contributed by atoms with Crippen molar-refractivity contribution in [3.8, 4) is 0 Å². The Morgan fingerprint density at radius 3 is 2.39 bits per heavy atom. The third kappa shape index (κ3) is 4.85. The van der Waals surface area contributed by atoms with E-state index in [1.807, 2.05) is 44.2 Å². The fourth-order valence-electron chi connectivity index (χ4n) is 1.79. The van der Waals surface area contributed by atoms with Gasteiger partial charge in [-0.05, 0) is 17.9 Å². The van der Waals surface area contributed by atoms with Crippen LogP contribution in [0, 0.1) is 5.92 Å². The zero-order valence-electron chi connectivity index (χ0n) is 10.8. The number of aliphatic hydroxyl groups is 1. The molecule has 4 heteroatoms. The maximum absolute atomic E-state index is 11.0. The number of rotatable bonds is 7. The molecular weight excluding hydrogens is 230 g/mol. The second kappa shape index (κ2) is 7.13. The maximum atomic E-state index is 11.0. The predicted octanol–water partition coefficient (Wildman–Crippen LogP) is 1.81. The molecule has 100 valence electrons. The number of carboxylic acid groups (broad SMARTS) is 1. The van der Waals surface area contributed by atoms with Crippen LogP contribution in [0.1, 0.15) is 31.9 Å². The highest BCUT2D eigenvalue weighted by Gasteiger charge is 2.19. The van der Waals surface area contributed by atoms with Gasteiger partial charge in [0.2, 0.25) is 0 Å². The van der Waals surface area contributed by atoms with Gasteiger partial charge >= 0.3 is 5.97 Å². The van der Waals surface area contributed by atoms with Crippen molar-refractivity contribution in [2.75, 3.05) is 6.54 Å². The Morgan fingerprint density at radius 1 is 1.28 bits per heavy atom. The summed E-state index contributed by atoms with van der Waals surface area (Å²) in [6.45, 7) is 4.20. The number of hydrogen-bond donors (Lipinski definition) is 3. The van der Waals surface area contributed by atoms with Crippen LogP contribution in [0.4, 0.5) is 0 Å². The molecule has 1 aromatic carbocycles. The standard InChI is InChI=1S/C14H21NO3/c1-10(2)8-12(14(17)18)15-9-13(16)11-6-4-3-5-7-11/h3-7,10,12-13,15-16H,8-9H2,1-2H3,(H,17,18). The molecule has 0 radical (unpaired) electrons. The molecule has 18 heavy (non-hydrogen) atoms. The number of carboxylic acids is 1. The van der Waals surface area contributed by atoms with Gasteiger partial charge < -0.3 is 15.5 Å². The van der Waals surface area contributed by atoms with E-state index in [0.29, 0.717) is 12.3 Å². The van der Waals surface area contributed by atoms with Gasteiger partial charge in [0.05, 0.1) is 6.10 Å². The summed E-state index contributed by atoms with van der Waals surface area (Å²) in [5.74, 6) is -0.573. The van der Waals surface area contributed by atoms with E-state index < -0.39 is 18.1 Å². The fraction of sp³-hybridized carbons (Fsp3) is 0.500. The number of aliphatic hydroxyl groups excluding tert-OH is 1. The van der Waals surface area contributed by atoms with E-state index in [4.69, 9.17) is 5.11 Å². The Hall–Kier alpha value is -1.39. The normalized spacial score (nSPS) is 14.4. The van der Waals surface area contributed by atoms with Gasteiger partial charge in [0, 0.05) is 6.54 Å². The topological polar surface area (TPSA) is 69.6 Å². The molecular formula is C14H21NO3. The van der Waals surface area contributed by atoms with Crippen molar-refractivity contribution in [3.63, 3.8) is 0 Å². The van der Waals surface area contributed by atoms with Crippen LogP contribution in [0.2, 0.25) is 0 Å². The molecule has 1 rings (SSSR count). The Labute approximate surface area is 108 Å². The van der Waals surface area contributed by atoms with E-state index in [1.54, 1.807) is 0 Å². The lowest BCUT2D eigenvalue weighted by molar-refractivity contribution is -0.140. The third-order valence-corrected chi connectivity index (χ3v) is 2.75. The van der Waals surface area contributed by atoms with Crippen LogP contribution in [0.5, 0.6) is 0 Å². The summed E-state index contributed by atoms with van der Waals surface area (Å²) in [7, 11) is 0. The largest absolute Gasteiger partial charge is 0.480 e. The van der Waals surface area contributed by atoms with Gasteiger partial charge in [0.25, 0.3) is 0 Å². The zero-order valence-corrected chi connectivity index (χ0v) is 10.8. The number of hydrogen-bond acceptors (Lipinski definition) is 3. The first-order valence-corrected chi connectivity index (χ1v) is 6.20. The first kappa shape index (κ1) is 14.7. The summed E-state index contributed by atoms with van der Waals surface area (Å²) >= 11 is 0. The number of nitrogens with one attached hydrogen (secondary N) is 1. The number of aliphatic carboxylic acids is 1. The zero-order chi connectivity index (χ0) is 13.5. The van der Waals surface area contributed by atoms with Crippen molar-refractivity contribution in [2.24, 2.45) is 5.92 Å². The van der Waals surface area contributed by atoms with Crippen LogP contribution >= 0.6 is 0 Å². The average molecular weight is 251 g/mol. The van der Waals surface area contributed by atoms with Gasteiger partial charge in [-0.2, -0.15) is 0 Å². The highest BCUT2D eigenvalue weighted by molar-refractivity contribution is 5.73. The summed E-state index contributed by atoms with van der Waals surface area (Å²) in [6, 6.07) is 8.61. The Balaban J connectivity index is 2.49. The minimum Gasteiger partial charge on any atom is -0.480 e. The van der Waals surface area contributed by atoms with Crippen molar-refractivity contribution >= 4 is 5.97 Å². The number of carbonyl (C=O) groups is 1. The molecule has 0 fully saturated rings. The van der Waals surface area contributed by atoms with Crippen LogP contribution in [-0.2, 0) is 4.79 Å². The van der Waals surface area contributed by atoms with Gasteiger partial charge in [-0.15, -0.1) is 0 Å². The molecule has 0 saturated carbocycles. The van der Waals surface area contributed by atoms with Crippen LogP contribution < -0.4 is 5.32 Å². The van der Waals surface area contributed by atoms with Crippen molar-refractivity contribution in [2.45, 2.75) is 32.4 Å². The van der Waals surface area contributed by atoms with E-state index in [-0.39, 0.29) is 6.54 Å². The average Bonchev–Trinajstić information content (AvgIpc) is 2.34. The smallest absolute Gasteiger partial charge is 0.320 e. The number of benzene rings is 1. The highest BCUT2D eigenvalue weighted by atomic mass is 16.4. The summed E-state index contributed by atoms with van der Waals surface area (Å²) in [6.07, 6.45) is -0.128. The first-order valence-electron chi connectivity index (χ1n) is 6.20. The summed E-state index contributed by atoms with van der Waals surface area (Å²) in [4.78, 5) is 11.0. The van der Waals surface area contributed by atoms with E-state index in [2.05, 4.69) is 5.32 Å². The summed E-state index contributed by atoms with van der Waals surface area (Å²) in [5, 5.41) is 21.9. The molecule has 0 bridgehead atoms. The molecule has 1 aromatic rings. The molecule has 0 saturated heterocycles. The molecule has 0 amide bonds. The molecule has 0 aromatic heterocycles. The van der Waals surface area contributed by atoms with Gasteiger partial charge in [-0.25, -0.2) is 0 Å². The van der Waals surface area contributed by atoms with Crippen molar-refractivity contribution < 1.29 is 15.0 Å². The lowest BCUT2D eigenvalue weighted by Crippen LogP contribution is -2.39. The fourth-order valence-corrected chi connectivity index (χ4v) is 1.79. The van der Waals surface area contributed by atoms with Crippen molar-refractivity contribution in [1.82, 2.24) is 5.32 Å². The Bertz CT molecular complexity index is 365. The minimum atomic E-state index is -0.871. The van der Waals surface area contributed by atoms with Crippen LogP contribution in [0.25, 0.3) is 0 Å². The summed E-state index contributed by atoms with van der Waals surface area (Å²) in [5.41, 5.74) is 0.790. The predicted molar refractivity (Wildman–Crippen MR) is 70.3 cm³/mol. The molecule has 0 heterocycles. The van der Waals surface area contributed by atoms with Crippen LogP contribution in [0.15, 0.2) is 30.3 Å². The van der Waals surface area contributed by atoms with E-state index >= 15 is 0 Å². The third-order valence-electron chi connectivity index (χ3n) is 2.75. The van der Waals surface area contributed by atoms with E-state index in [1.165, 1.54) is 0 Å². The van der Waals surface area contributed by atoms with Gasteiger partial charge in [0.1, 0.15) is 6.04 Å². The molecule has 0 aliphatic rings. The minimum absolute atomic E-state index is 0.244. The molecule has 3 N–H and O–H groups in total. The van der Waals surface area contributed by atoms with E-state index in [9.17, 15) is 9.90 Å². The molecule has 4 nitrogen and oxygen atoms in total. The maximum Gasteiger partial charge on any atom is 0.320 e. The van der Waals surface area contributed by atoms with Crippen LogP contribution in [-0.4, -0.2) is 28.8 Å². The Kier molecular flexibility index (Phi) is 5.82. The molecule has 0 aliphatic carbocycles. The molecule has 0 aliphatic heterocycles. The van der Waals surface area contributed by atoms with E-state index in [0.717, 1.165) is 5.56 Å². The quantitative estimate of drug-likeness (QED) is 0.691. The SMILES string of the molecule is CC(C)CC(NCC(O)c1ccccc1)C(=O)O. The van der Waals surface area contributed by atoms with Gasteiger partial charge in [-0.1, -0.05) is 44.2 Å². The van der Waals surface area contributed by atoms with Gasteiger partial charge in [-0.3, -0.25) is 4.79 Å². The highest BCUT2D eigenvalue weighted by Crippen LogP contribution is 2.12. The van der Waals surface area contributed by atoms with Crippen LogP contribution in [0.3, 0.4) is 0 Å². The lowest BCUT2D eigenvalue weighted by Gasteiger charge is -2.19. The second-order valence-corrected chi connectivity index (χ2v) is 4.86. The van der Waals surface area contributed by atoms with Gasteiger partial charge in [0.15, 0.2) is 0 Å². The van der Waals surface area contributed by atoms with Crippen molar-refractivity contribution in [1.29, 1.82) is 0 Å². The van der Waals surface area contributed by atoms with Crippen molar-refractivity contribution in [3.05, 3.63) is 35.9 Å².